The zero-order valence-corrected chi connectivity index (χ0v) is 21.8. The van der Waals surface area contributed by atoms with Gasteiger partial charge < -0.3 is 20.1 Å². The monoisotopic (exact) mass is 544 g/mol. The van der Waals surface area contributed by atoms with Crippen molar-refractivity contribution in [3.63, 3.8) is 0 Å². The van der Waals surface area contributed by atoms with E-state index in [0.717, 1.165) is 63.9 Å². The standard InChI is InChI=1S/C24H40N4O2.HI/c1-4-25-23(26-18-21-8-7-15-28(21)5-2)27-19-24(13-16-29-17-14-24)20-9-11-22(12-10-20)30-6-3;/h9-12,21H,4-8,13-19H2,1-3H3,(H2,25,26,27);1H. The molecule has 1 aromatic rings. The van der Waals surface area contributed by atoms with Gasteiger partial charge in [0.15, 0.2) is 5.96 Å². The van der Waals surface area contributed by atoms with Crippen LogP contribution in [0.1, 0.15) is 52.0 Å². The third-order valence-electron chi connectivity index (χ3n) is 6.52. The highest BCUT2D eigenvalue weighted by Crippen LogP contribution is 2.36. The Balaban J connectivity index is 0.00000341. The Hall–Kier alpha value is -1.06. The van der Waals surface area contributed by atoms with Crippen LogP contribution in [0.3, 0.4) is 0 Å². The van der Waals surface area contributed by atoms with Crippen LogP contribution in [0.2, 0.25) is 0 Å². The molecule has 7 heteroatoms. The average Bonchev–Trinajstić information content (AvgIpc) is 3.25. The van der Waals surface area contributed by atoms with Crippen molar-refractivity contribution < 1.29 is 9.47 Å². The second-order valence-corrected chi connectivity index (χ2v) is 8.35. The minimum absolute atomic E-state index is 0. The first kappa shape index (κ1) is 26.2. The van der Waals surface area contributed by atoms with Gasteiger partial charge in [-0.3, -0.25) is 9.89 Å². The van der Waals surface area contributed by atoms with Gasteiger partial charge in [-0.1, -0.05) is 19.1 Å². The van der Waals surface area contributed by atoms with Gasteiger partial charge in [-0.05, 0) is 70.3 Å². The van der Waals surface area contributed by atoms with Gasteiger partial charge in [0, 0.05) is 37.8 Å². The quantitative estimate of drug-likeness (QED) is 0.282. The fourth-order valence-electron chi connectivity index (χ4n) is 4.70. The van der Waals surface area contributed by atoms with Gasteiger partial charge in [0.1, 0.15) is 5.75 Å². The number of likely N-dealkylation sites (tertiary alicyclic amines) is 1. The first-order chi connectivity index (χ1) is 14.7. The largest absolute Gasteiger partial charge is 0.494 e. The Bertz CT molecular complexity index is 662. The molecule has 0 saturated carbocycles. The zero-order chi connectivity index (χ0) is 21.2. The molecule has 176 valence electrons. The van der Waals surface area contributed by atoms with Crippen molar-refractivity contribution in [1.82, 2.24) is 15.5 Å². The SMILES string of the molecule is CCNC(=NCC1(c2ccc(OCC)cc2)CCOCC1)NCC1CCCN1CC.I. The summed E-state index contributed by atoms with van der Waals surface area (Å²) in [6.07, 6.45) is 4.56. The number of hydrogen-bond donors (Lipinski definition) is 2. The van der Waals surface area contributed by atoms with E-state index in [-0.39, 0.29) is 29.4 Å². The highest BCUT2D eigenvalue weighted by atomic mass is 127. The minimum Gasteiger partial charge on any atom is -0.494 e. The van der Waals surface area contributed by atoms with Crippen LogP contribution in [0.15, 0.2) is 29.3 Å². The minimum atomic E-state index is 0. The predicted octanol–water partition coefficient (Wildman–Crippen LogP) is 3.79. The third kappa shape index (κ3) is 7.22. The lowest BCUT2D eigenvalue weighted by Gasteiger charge is -2.37. The number of halogens is 1. The molecule has 0 spiro atoms. The highest BCUT2D eigenvalue weighted by molar-refractivity contribution is 14.0. The fraction of sp³-hybridized carbons (Fsp3) is 0.708. The molecule has 1 unspecified atom stereocenters. The van der Waals surface area contributed by atoms with Gasteiger partial charge in [0.05, 0.1) is 13.2 Å². The summed E-state index contributed by atoms with van der Waals surface area (Å²) in [6.45, 7) is 13.6. The molecule has 0 aliphatic carbocycles. The summed E-state index contributed by atoms with van der Waals surface area (Å²) in [5, 5.41) is 7.05. The van der Waals surface area contributed by atoms with Crippen LogP contribution in [0.4, 0.5) is 0 Å². The molecule has 0 amide bonds. The number of aliphatic imine (C=N–C) groups is 1. The Labute approximate surface area is 205 Å². The lowest BCUT2D eigenvalue weighted by Crippen LogP contribution is -2.46. The third-order valence-corrected chi connectivity index (χ3v) is 6.52. The van der Waals surface area contributed by atoms with Gasteiger partial charge in [-0.25, -0.2) is 0 Å². The smallest absolute Gasteiger partial charge is 0.191 e. The number of ether oxygens (including phenoxy) is 2. The van der Waals surface area contributed by atoms with E-state index >= 15 is 0 Å². The maximum atomic E-state index is 5.69. The average molecular weight is 545 g/mol. The van der Waals surface area contributed by atoms with E-state index in [0.29, 0.717) is 12.6 Å². The number of hydrogen-bond acceptors (Lipinski definition) is 4. The molecular weight excluding hydrogens is 503 g/mol. The van der Waals surface area contributed by atoms with Gasteiger partial charge >= 0.3 is 0 Å². The van der Waals surface area contributed by atoms with E-state index in [9.17, 15) is 0 Å². The van der Waals surface area contributed by atoms with Gasteiger partial charge in [0.25, 0.3) is 0 Å². The van der Waals surface area contributed by atoms with Crippen molar-refractivity contribution in [2.75, 3.05) is 52.5 Å². The van der Waals surface area contributed by atoms with Crippen LogP contribution < -0.4 is 15.4 Å². The van der Waals surface area contributed by atoms with E-state index in [2.05, 4.69) is 53.6 Å². The van der Waals surface area contributed by atoms with Crippen molar-refractivity contribution in [1.29, 1.82) is 0 Å². The Kier molecular flexibility index (Phi) is 11.4. The van der Waals surface area contributed by atoms with Crippen LogP contribution in [0, 0.1) is 0 Å². The molecule has 2 N–H and O–H groups in total. The second kappa shape index (κ2) is 13.5. The molecular formula is C24H41IN4O2. The second-order valence-electron chi connectivity index (χ2n) is 8.35. The summed E-state index contributed by atoms with van der Waals surface area (Å²) >= 11 is 0. The molecule has 1 atom stereocenters. The van der Waals surface area contributed by atoms with Crippen LogP contribution in [-0.2, 0) is 10.2 Å². The van der Waals surface area contributed by atoms with Crippen molar-refractivity contribution in [3.05, 3.63) is 29.8 Å². The molecule has 2 saturated heterocycles. The number of likely N-dealkylation sites (N-methyl/N-ethyl adjacent to an activating group) is 1. The molecule has 0 bridgehead atoms. The maximum Gasteiger partial charge on any atom is 0.191 e. The Morgan fingerprint density at radius 3 is 2.55 bits per heavy atom. The van der Waals surface area contributed by atoms with Gasteiger partial charge in [0.2, 0.25) is 0 Å². The Morgan fingerprint density at radius 2 is 1.90 bits per heavy atom. The van der Waals surface area contributed by atoms with Gasteiger partial charge in [-0.2, -0.15) is 0 Å². The van der Waals surface area contributed by atoms with Crippen molar-refractivity contribution in [3.8, 4) is 5.75 Å². The van der Waals surface area contributed by atoms with Crippen molar-refractivity contribution in [2.45, 2.75) is 57.9 Å². The van der Waals surface area contributed by atoms with Crippen molar-refractivity contribution >= 4 is 29.9 Å². The predicted molar refractivity (Wildman–Crippen MR) is 139 cm³/mol. The summed E-state index contributed by atoms with van der Waals surface area (Å²) in [5.41, 5.74) is 1.36. The van der Waals surface area contributed by atoms with E-state index in [1.165, 1.54) is 24.9 Å². The van der Waals surface area contributed by atoms with E-state index < -0.39 is 0 Å². The molecule has 2 aliphatic rings. The lowest BCUT2D eigenvalue weighted by atomic mass is 9.74. The summed E-state index contributed by atoms with van der Waals surface area (Å²) in [6, 6.07) is 9.21. The fourth-order valence-corrected chi connectivity index (χ4v) is 4.70. The first-order valence-corrected chi connectivity index (χ1v) is 11.8. The highest BCUT2D eigenvalue weighted by Gasteiger charge is 2.34. The summed E-state index contributed by atoms with van der Waals surface area (Å²) in [7, 11) is 0. The van der Waals surface area contributed by atoms with E-state index in [1.54, 1.807) is 0 Å². The molecule has 0 radical (unpaired) electrons. The molecule has 1 aromatic carbocycles. The molecule has 2 aliphatic heterocycles. The topological polar surface area (TPSA) is 58.1 Å². The molecule has 0 aromatic heterocycles. The lowest BCUT2D eigenvalue weighted by molar-refractivity contribution is 0.0531. The van der Waals surface area contributed by atoms with Crippen molar-refractivity contribution in [2.24, 2.45) is 4.99 Å². The number of rotatable bonds is 9. The number of nitrogens with one attached hydrogen (secondary N) is 2. The maximum absolute atomic E-state index is 5.69. The molecule has 6 nitrogen and oxygen atoms in total. The van der Waals surface area contributed by atoms with Crippen LogP contribution in [0.25, 0.3) is 0 Å². The van der Waals surface area contributed by atoms with E-state index in [1.807, 2.05) is 6.92 Å². The van der Waals surface area contributed by atoms with Gasteiger partial charge in [-0.15, -0.1) is 24.0 Å². The number of guanidine groups is 1. The molecule has 2 heterocycles. The molecule has 2 fully saturated rings. The number of benzene rings is 1. The number of nitrogens with zero attached hydrogens (tertiary/aromatic N) is 2. The first-order valence-electron chi connectivity index (χ1n) is 11.8. The van der Waals surface area contributed by atoms with E-state index in [4.69, 9.17) is 14.5 Å². The van der Waals surface area contributed by atoms with Crippen LogP contribution in [-0.4, -0.2) is 69.4 Å². The van der Waals surface area contributed by atoms with Crippen LogP contribution in [0.5, 0.6) is 5.75 Å². The normalized spacial score (nSPS) is 21.4. The summed E-state index contributed by atoms with van der Waals surface area (Å²) in [5.74, 6) is 1.86. The zero-order valence-electron chi connectivity index (χ0n) is 19.5. The molecule has 31 heavy (non-hydrogen) atoms. The Morgan fingerprint density at radius 1 is 1.16 bits per heavy atom. The van der Waals surface area contributed by atoms with Crippen LogP contribution >= 0.6 is 24.0 Å². The summed E-state index contributed by atoms with van der Waals surface area (Å²) in [4.78, 5) is 7.61. The summed E-state index contributed by atoms with van der Waals surface area (Å²) < 4.78 is 11.3. The molecule has 3 rings (SSSR count).